The first kappa shape index (κ1) is 15.9. The van der Waals surface area contributed by atoms with Crippen molar-refractivity contribution in [3.8, 4) is 17.3 Å². The van der Waals surface area contributed by atoms with Crippen molar-refractivity contribution in [3.63, 3.8) is 0 Å². The molecule has 6 nitrogen and oxygen atoms in total. The van der Waals surface area contributed by atoms with E-state index in [1.807, 2.05) is 0 Å². The quantitative estimate of drug-likeness (QED) is 0.591. The highest BCUT2D eigenvalue weighted by Gasteiger charge is 2.12. The van der Waals surface area contributed by atoms with Gasteiger partial charge in [-0.25, -0.2) is 23.4 Å². The molecular weight excluding hydrogens is 340 g/mol. The highest BCUT2D eigenvalue weighted by Crippen LogP contribution is 2.22. The standard InChI is InChI=1S/C18H13F2N5O/c19-14-5-2-1-4-13(14)18-23-12(11-26-18)10-22-16-7-9-25(24-16)17-15(20)6-3-8-21-17/h1-9,11H,10H2,(H,22,24). The molecule has 8 heteroatoms. The van der Waals surface area contributed by atoms with Gasteiger partial charge in [0.15, 0.2) is 11.6 Å². The molecular formula is C18H13F2N5O. The van der Waals surface area contributed by atoms with Gasteiger partial charge < -0.3 is 9.73 Å². The van der Waals surface area contributed by atoms with E-state index in [-0.39, 0.29) is 11.7 Å². The van der Waals surface area contributed by atoms with Gasteiger partial charge in [0.05, 0.1) is 17.8 Å². The number of anilines is 1. The van der Waals surface area contributed by atoms with Crippen LogP contribution in [-0.2, 0) is 6.54 Å². The molecule has 0 unspecified atom stereocenters. The summed E-state index contributed by atoms with van der Waals surface area (Å²) in [4.78, 5) is 8.22. The van der Waals surface area contributed by atoms with Crippen LogP contribution in [0.25, 0.3) is 17.3 Å². The van der Waals surface area contributed by atoms with Gasteiger partial charge in [-0.05, 0) is 24.3 Å². The average molecular weight is 353 g/mol. The van der Waals surface area contributed by atoms with Crippen molar-refractivity contribution >= 4 is 5.82 Å². The van der Waals surface area contributed by atoms with E-state index in [0.717, 1.165) is 0 Å². The Labute approximate surface area is 147 Å². The fraction of sp³-hybridized carbons (Fsp3) is 0.0556. The monoisotopic (exact) mass is 353 g/mol. The lowest BCUT2D eigenvalue weighted by molar-refractivity contribution is 0.561. The second-order valence-electron chi connectivity index (χ2n) is 5.43. The van der Waals surface area contributed by atoms with Crippen molar-refractivity contribution in [1.29, 1.82) is 0 Å². The summed E-state index contributed by atoms with van der Waals surface area (Å²) in [5.74, 6) is -0.0199. The summed E-state index contributed by atoms with van der Waals surface area (Å²) in [5.41, 5.74) is 0.885. The van der Waals surface area contributed by atoms with Crippen molar-refractivity contribution < 1.29 is 13.2 Å². The van der Waals surface area contributed by atoms with Gasteiger partial charge in [0.1, 0.15) is 17.9 Å². The number of benzene rings is 1. The van der Waals surface area contributed by atoms with E-state index in [2.05, 4.69) is 20.4 Å². The molecule has 0 atom stereocenters. The Balaban J connectivity index is 1.46. The molecule has 0 aliphatic rings. The smallest absolute Gasteiger partial charge is 0.229 e. The van der Waals surface area contributed by atoms with Crippen LogP contribution in [0.4, 0.5) is 14.6 Å². The lowest BCUT2D eigenvalue weighted by atomic mass is 10.2. The third-order valence-corrected chi connectivity index (χ3v) is 3.65. The minimum absolute atomic E-state index is 0.115. The molecule has 0 aliphatic heterocycles. The highest BCUT2D eigenvalue weighted by molar-refractivity contribution is 5.54. The third-order valence-electron chi connectivity index (χ3n) is 3.65. The van der Waals surface area contributed by atoms with Gasteiger partial charge in [-0.3, -0.25) is 0 Å². The summed E-state index contributed by atoms with van der Waals surface area (Å²) in [5, 5.41) is 7.27. The summed E-state index contributed by atoms with van der Waals surface area (Å²) < 4.78 is 34.2. The molecule has 130 valence electrons. The highest BCUT2D eigenvalue weighted by atomic mass is 19.1. The Hall–Kier alpha value is -3.55. The normalized spacial score (nSPS) is 10.8. The number of hydrogen-bond donors (Lipinski definition) is 1. The van der Waals surface area contributed by atoms with Crippen LogP contribution in [-0.4, -0.2) is 19.7 Å². The first-order valence-corrected chi connectivity index (χ1v) is 7.80. The molecule has 0 spiro atoms. The molecule has 4 aromatic rings. The van der Waals surface area contributed by atoms with Crippen molar-refractivity contribution in [1.82, 2.24) is 19.7 Å². The predicted octanol–water partition coefficient (Wildman–Crippen LogP) is 3.81. The Bertz CT molecular complexity index is 960. The number of rotatable bonds is 5. The zero-order valence-corrected chi connectivity index (χ0v) is 13.4. The van der Waals surface area contributed by atoms with Crippen LogP contribution in [0.15, 0.2) is 65.5 Å². The topological polar surface area (TPSA) is 68.8 Å². The zero-order chi connectivity index (χ0) is 17.9. The maximum absolute atomic E-state index is 13.8. The molecule has 1 aromatic carbocycles. The van der Waals surface area contributed by atoms with Crippen LogP contribution in [0.5, 0.6) is 0 Å². The van der Waals surface area contributed by atoms with Crippen LogP contribution >= 0.6 is 0 Å². The van der Waals surface area contributed by atoms with Gasteiger partial charge in [0.2, 0.25) is 5.89 Å². The maximum Gasteiger partial charge on any atom is 0.229 e. The molecule has 26 heavy (non-hydrogen) atoms. The summed E-state index contributed by atoms with van der Waals surface area (Å²) in [6.07, 6.45) is 4.54. The molecule has 0 saturated heterocycles. The van der Waals surface area contributed by atoms with E-state index in [4.69, 9.17) is 4.42 Å². The van der Waals surface area contributed by atoms with Gasteiger partial charge in [-0.2, -0.15) is 0 Å². The first-order valence-electron chi connectivity index (χ1n) is 7.80. The minimum atomic E-state index is -0.465. The molecule has 4 rings (SSSR count). The van der Waals surface area contributed by atoms with Crippen LogP contribution in [0.1, 0.15) is 5.69 Å². The van der Waals surface area contributed by atoms with E-state index in [9.17, 15) is 8.78 Å². The van der Waals surface area contributed by atoms with Crippen molar-refractivity contribution in [2.75, 3.05) is 5.32 Å². The second-order valence-corrected chi connectivity index (χ2v) is 5.43. The average Bonchev–Trinajstić information content (AvgIpc) is 3.30. The number of hydrogen-bond acceptors (Lipinski definition) is 5. The van der Waals surface area contributed by atoms with Crippen LogP contribution in [0, 0.1) is 11.6 Å². The van der Waals surface area contributed by atoms with E-state index in [1.165, 1.54) is 35.3 Å². The van der Waals surface area contributed by atoms with Crippen LogP contribution < -0.4 is 5.32 Å². The fourth-order valence-corrected chi connectivity index (χ4v) is 2.41. The van der Waals surface area contributed by atoms with Crippen LogP contribution in [0.2, 0.25) is 0 Å². The maximum atomic E-state index is 13.8. The van der Waals surface area contributed by atoms with Crippen LogP contribution in [0.3, 0.4) is 0 Å². The Morgan fingerprint density at radius 3 is 2.73 bits per heavy atom. The van der Waals surface area contributed by atoms with Crippen molar-refractivity contribution in [2.45, 2.75) is 6.54 Å². The number of halogens is 2. The van der Waals surface area contributed by atoms with E-state index < -0.39 is 11.6 Å². The van der Waals surface area contributed by atoms with E-state index >= 15 is 0 Å². The number of aromatic nitrogens is 4. The third kappa shape index (κ3) is 3.16. The van der Waals surface area contributed by atoms with Gasteiger partial charge in [-0.15, -0.1) is 5.10 Å². The van der Waals surface area contributed by atoms with Gasteiger partial charge in [0.25, 0.3) is 0 Å². The molecule has 0 amide bonds. The number of nitrogens with one attached hydrogen (secondary N) is 1. The van der Waals surface area contributed by atoms with E-state index in [0.29, 0.717) is 23.6 Å². The molecule has 0 radical (unpaired) electrons. The van der Waals surface area contributed by atoms with E-state index in [1.54, 1.807) is 30.5 Å². The second kappa shape index (κ2) is 6.75. The molecule has 1 N–H and O–H groups in total. The largest absolute Gasteiger partial charge is 0.444 e. The lowest BCUT2D eigenvalue weighted by Crippen LogP contribution is -2.04. The van der Waals surface area contributed by atoms with Crippen molar-refractivity contribution in [3.05, 3.63) is 78.4 Å². The first-order chi connectivity index (χ1) is 12.7. The molecule has 3 heterocycles. The predicted molar refractivity (Wildman–Crippen MR) is 90.5 cm³/mol. The number of oxazole rings is 1. The fourth-order valence-electron chi connectivity index (χ4n) is 2.41. The summed E-state index contributed by atoms with van der Waals surface area (Å²) in [6.45, 7) is 0.319. The lowest BCUT2D eigenvalue weighted by Gasteiger charge is -2.01. The SMILES string of the molecule is Fc1ccccc1-c1nc(CNc2ccn(-c3ncccc3F)n2)co1. The molecule has 0 aliphatic carbocycles. The number of pyridine rings is 1. The number of nitrogens with zero attached hydrogens (tertiary/aromatic N) is 4. The summed E-state index contributed by atoms with van der Waals surface area (Å²) in [6, 6.07) is 10.8. The van der Waals surface area contributed by atoms with Gasteiger partial charge >= 0.3 is 0 Å². The minimum Gasteiger partial charge on any atom is -0.444 e. The molecule has 0 bridgehead atoms. The molecule has 0 fully saturated rings. The Morgan fingerprint density at radius 2 is 1.88 bits per heavy atom. The Morgan fingerprint density at radius 1 is 1.04 bits per heavy atom. The zero-order valence-electron chi connectivity index (χ0n) is 13.4. The molecule has 3 aromatic heterocycles. The molecule has 0 saturated carbocycles. The van der Waals surface area contributed by atoms with Gasteiger partial charge in [-0.1, -0.05) is 12.1 Å². The van der Waals surface area contributed by atoms with Crippen molar-refractivity contribution in [2.24, 2.45) is 0 Å². The summed E-state index contributed by atoms with van der Waals surface area (Å²) >= 11 is 0. The Kier molecular flexibility index (Phi) is 4.14. The van der Waals surface area contributed by atoms with Gasteiger partial charge in [0, 0.05) is 18.5 Å². The summed E-state index contributed by atoms with van der Waals surface area (Å²) in [7, 11) is 0.